The van der Waals surface area contributed by atoms with Crippen LogP contribution < -0.4 is 17.6 Å². The van der Waals surface area contributed by atoms with Crippen LogP contribution >= 0.6 is 0 Å². The van der Waals surface area contributed by atoms with Crippen molar-refractivity contribution in [2.45, 2.75) is 0 Å². The predicted octanol–water partition coefficient (Wildman–Crippen LogP) is 6.85. The van der Waals surface area contributed by atoms with E-state index in [0.29, 0.717) is 0 Å². The van der Waals surface area contributed by atoms with Crippen LogP contribution in [0.4, 0.5) is 0 Å². The molecular formula is C40H27GeN3O. The zero-order chi connectivity index (χ0) is 29.8. The van der Waals surface area contributed by atoms with Gasteiger partial charge in [-0.05, 0) is 0 Å². The molecule has 0 saturated carbocycles. The third kappa shape index (κ3) is 3.86. The van der Waals surface area contributed by atoms with Gasteiger partial charge in [0, 0.05) is 0 Å². The average Bonchev–Trinajstić information content (AvgIpc) is 3.66. The van der Waals surface area contributed by atoms with Gasteiger partial charge in [0.25, 0.3) is 0 Å². The zero-order valence-corrected chi connectivity index (χ0v) is 26.4. The third-order valence-corrected chi connectivity index (χ3v) is 19.1. The van der Waals surface area contributed by atoms with Crippen LogP contribution in [0.25, 0.3) is 49.7 Å². The molecule has 0 amide bonds. The second kappa shape index (κ2) is 10.3. The molecule has 4 heterocycles. The summed E-state index contributed by atoms with van der Waals surface area (Å²) < 4.78 is 14.3. The molecule has 4 aromatic heterocycles. The van der Waals surface area contributed by atoms with E-state index in [2.05, 4.69) is 156 Å². The molecule has 0 aliphatic heterocycles. The van der Waals surface area contributed by atoms with Gasteiger partial charge in [-0.3, -0.25) is 0 Å². The van der Waals surface area contributed by atoms with Crippen molar-refractivity contribution < 1.29 is 4.42 Å². The van der Waals surface area contributed by atoms with Crippen LogP contribution in [0.3, 0.4) is 0 Å². The Bertz CT molecular complexity index is 2340. The number of hydrogen-bond acceptors (Lipinski definition) is 3. The van der Waals surface area contributed by atoms with Gasteiger partial charge in [0.1, 0.15) is 0 Å². The van der Waals surface area contributed by atoms with Gasteiger partial charge >= 0.3 is 264 Å². The summed E-state index contributed by atoms with van der Waals surface area (Å²) in [5.74, 6) is 0.844. The number of hydrogen-bond donors (Lipinski definition) is 0. The molecule has 212 valence electrons. The number of furan rings is 1. The number of rotatable bonds is 5. The monoisotopic (exact) mass is 639 g/mol. The molecule has 0 radical (unpaired) electrons. The summed E-state index contributed by atoms with van der Waals surface area (Å²) in [6, 6.07) is 54.3. The van der Waals surface area contributed by atoms with Crippen LogP contribution in [0.2, 0.25) is 0 Å². The molecule has 0 aliphatic rings. The van der Waals surface area contributed by atoms with Gasteiger partial charge < -0.3 is 0 Å². The topological polar surface area (TPSA) is 43.9 Å². The second-order valence-electron chi connectivity index (χ2n) is 11.4. The maximum atomic E-state index is 6.81. The summed E-state index contributed by atoms with van der Waals surface area (Å²) in [6.45, 7) is 0. The van der Waals surface area contributed by atoms with Crippen molar-refractivity contribution in [1.29, 1.82) is 0 Å². The molecule has 9 aromatic rings. The molecule has 0 fully saturated rings. The summed E-state index contributed by atoms with van der Waals surface area (Å²) in [5.41, 5.74) is 4.69. The fraction of sp³-hybridized carbons (Fsp3) is 0. The Morgan fingerprint density at radius 1 is 0.511 bits per heavy atom. The number of nitrogens with zero attached hydrogens (tertiary/aromatic N) is 3. The van der Waals surface area contributed by atoms with E-state index in [9.17, 15) is 0 Å². The van der Waals surface area contributed by atoms with E-state index in [1.54, 1.807) is 0 Å². The number of pyridine rings is 2. The fourth-order valence-corrected chi connectivity index (χ4v) is 17.3. The van der Waals surface area contributed by atoms with Crippen molar-refractivity contribution in [3.63, 3.8) is 0 Å². The normalized spacial score (nSPS) is 12.0. The van der Waals surface area contributed by atoms with Crippen LogP contribution in [0.5, 0.6) is 0 Å². The summed E-state index contributed by atoms with van der Waals surface area (Å²) in [7, 11) is 0. The van der Waals surface area contributed by atoms with Crippen molar-refractivity contribution in [2.24, 2.45) is 0 Å². The van der Waals surface area contributed by atoms with Crippen LogP contribution in [-0.4, -0.2) is 27.8 Å². The third-order valence-electron chi connectivity index (χ3n) is 9.06. The average molecular weight is 638 g/mol. The molecule has 9 rings (SSSR count). The van der Waals surface area contributed by atoms with Gasteiger partial charge in [-0.15, -0.1) is 0 Å². The molecular weight excluding hydrogens is 611 g/mol. The van der Waals surface area contributed by atoms with Gasteiger partial charge in [-0.2, -0.15) is 0 Å². The van der Waals surface area contributed by atoms with Crippen molar-refractivity contribution in [3.05, 3.63) is 164 Å². The van der Waals surface area contributed by atoms with E-state index in [4.69, 9.17) is 14.4 Å². The number of para-hydroxylation sites is 2. The zero-order valence-electron chi connectivity index (χ0n) is 24.3. The SMILES string of the molecule is c1cc[c]([Ge]([c]2ccccc2)([c]2ccccc2)[c]2ccnc3c2oc2cnc(-n4c5ccccc5c5ccccc54)cc23)cc1. The summed E-state index contributed by atoms with van der Waals surface area (Å²) in [4.78, 5) is 9.94. The molecule has 5 heteroatoms. The summed E-state index contributed by atoms with van der Waals surface area (Å²) in [6.07, 6.45) is 3.82. The first-order chi connectivity index (χ1) is 22.3. The maximum absolute atomic E-state index is 6.81. The Labute approximate surface area is 262 Å². The minimum atomic E-state index is -3.59. The number of benzene rings is 5. The van der Waals surface area contributed by atoms with Crippen molar-refractivity contribution in [2.75, 3.05) is 0 Å². The molecule has 0 spiro atoms. The van der Waals surface area contributed by atoms with E-state index >= 15 is 0 Å². The van der Waals surface area contributed by atoms with E-state index < -0.39 is 13.3 Å². The first-order valence-corrected chi connectivity index (χ1v) is 19.4. The second-order valence-corrected chi connectivity index (χ2v) is 19.3. The molecule has 0 atom stereocenters. The first-order valence-electron chi connectivity index (χ1n) is 15.2. The molecule has 45 heavy (non-hydrogen) atoms. The Morgan fingerprint density at radius 3 is 1.58 bits per heavy atom. The van der Waals surface area contributed by atoms with E-state index in [1.807, 2.05) is 12.4 Å². The number of fused-ring (bicyclic) bond motifs is 6. The van der Waals surface area contributed by atoms with Gasteiger partial charge in [-0.1, -0.05) is 0 Å². The van der Waals surface area contributed by atoms with Crippen LogP contribution in [0, 0.1) is 0 Å². The van der Waals surface area contributed by atoms with Crippen molar-refractivity contribution in [3.8, 4) is 5.82 Å². The van der Waals surface area contributed by atoms with Crippen LogP contribution in [0.15, 0.2) is 168 Å². The van der Waals surface area contributed by atoms with E-state index in [1.165, 1.54) is 28.4 Å². The molecule has 5 aromatic carbocycles. The molecule has 0 saturated heterocycles. The molecule has 0 N–H and O–H groups in total. The fourth-order valence-electron chi connectivity index (χ4n) is 7.17. The predicted molar refractivity (Wildman–Crippen MR) is 187 cm³/mol. The van der Waals surface area contributed by atoms with E-state index in [-0.39, 0.29) is 0 Å². The van der Waals surface area contributed by atoms with Crippen molar-refractivity contribution >= 4 is 74.7 Å². The Hall–Kier alpha value is -5.46. The summed E-state index contributed by atoms with van der Waals surface area (Å²) >= 11 is -3.59. The van der Waals surface area contributed by atoms with E-state index in [0.717, 1.165) is 38.9 Å². The Kier molecular flexibility index (Phi) is 5.96. The Morgan fingerprint density at radius 2 is 1.02 bits per heavy atom. The van der Waals surface area contributed by atoms with Gasteiger partial charge in [0.05, 0.1) is 0 Å². The van der Waals surface area contributed by atoms with Gasteiger partial charge in [0.2, 0.25) is 0 Å². The Balaban J connectivity index is 1.36. The van der Waals surface area contributed by atoms with Crippen LogP contribution in [0.1, 0.15) is 0 Å². The molecule has 0 unspecified atom stereocenters. The quantitative estimate of drug-likeness (QED) is 0.194. The molecule has 0 bridgehead atoms. The standard InChI is InChI=1S/C40H27GeN3O/c1-4-14-28(15-5-1)41(29-16-6-2-7-17-29,30-18-8-3-9-19-30)34-24-25-42-39-33-26-38(43-27-37(33)45-40(34)39)44-35-22-12-10-20-31(35)32-21-11-13-23-36(32)44/h1-27H. The first kappa shape index (κ1) is 26.0. The minimum absolute atomic E-state index is 0.736. The number of aromatic nitrogens is 3. The molecule has 4 nitrogen and oxygen atoms in total. The van der Waals surface area contributed by atoms with Crippen molar-refractivity contribution in [1.82, 2.24) is 14.5 Å². The molecule has 0 aliphatic carbocycles. The van der Waals surface area contributed by atoms with Crippen LogP contribution in [-0.2, 0) is 0 Å². The van der Waals surface area contributed by atoms with Gasteiger partial charge in [0.15, 0.2) is 0 Å². The van der Waals surface area contributed by atoms with Gasteiger partial charge in [-0.25, -0.2) is 0 Å². The summed E-state index contributed by atoms with van der Waals surface area (Å²) in [5, 5.41) is 3.38.